The molecule has 1 fully saturated rings. The van der Waals surface area contributed by atoms with Crippen LogP contribution in [0.5, 0.6) is 0 Å². The van der Waals surface area contributed by atoms with Gasteiger partial charge in [0.2, 0.25) is 35.4 Å². The molecule has 46 heavy (non-hydrogen) atoms. The van der Waals surface area contributed by atoms with Gasteiger partial charge in [-0.15, -0.1) is 0 Å². The third kappa shape index (κ3) is 13.8. The fourth-order valence-electron chi connectivity index (χ4n) is 4.29. The molecule has 0 aromatic carbocycles. The Morgan fingerprint density at radius 3 is 2.09 bits per heavy atom. The monoisotopic (exact) mass is 688 g/mol. The highest BCUT2D eigenvalue weighted by atomic mass is 33.1. The minimum Gasteiger partial charge on any atom is -0.370 e. The van der Waals surface area contributed by atoms with Crippen LogP contribution in [0.4, 0.5) is 4.79 Å². The predicted molar refractivity (Wildman–Crippen MR) is 175 cm³/mol. The van der Waals surface area contributed by atoms with Gasteiger partial charge in [-0.2, -0.15) is 0 Å². The van der Waals surface area contributed by atoms with E-state index in [0.29, 0.717) is 25.7 Å². The van der Waals surface area contributed by atoms with Crippen molar-refractivity contribution in [3.63, 3.8) is 0 Å². The van der Waals surface area contributed by atoms with Crippen LogP contribution < -0.4 is 43.0 Å². The number of primary amides is 1. The molecule has 16 nitrogen and oxygen atoms in total. The van der Waals surface area contributed by atoms with Gasteiger partial charge in [-0.1, -0.05) is 28.5 Å². The number of nitrogens with two attached hydrogens (primary N) is 1. The molecule has 9 N–H and O–H groups in total. The maximum atomic E-state index is 13.6. The molecule has 260 valence electrons. The summed E-state index contributed by atoms with van der Waals surface area (Å²) in [5.41, 5.74) is 3.71. The summed E-state index contributed by atoms with van der Waals surface area (Å²) in [6.45, 7) is 11.0. The van der Waals surface area contributed by atoms with Gasteiger partial charge in [0.15, 0.2) is 0 Å². The van der Waals surface area contributed by atoms with E-state index >= 15 is 0 Å². The smallest absolute Gasteiger partial charge is 0.315 e. The molecule has 0 radical (unpaired) electrons. The number of carbonyl (C=O) groups is 8. The highest BCUT2D eigenvalue weighted by Gasteiger charge is 2.42. The minimum atomic E-state index is -1.65. The van der Waals surface area contributed by atoms with Gasteiger partial charge in [0.25, 0.3) is 0 Å². The molecule has 1 saturated heterocycles. The number of unbranched alkanes of at least 4 members (excludes halogenated alkanes) is 1. The van der Waals surface area contributed by atoms with Crippen molar-refractivity contribution in [1.82, 2.24) is 37.2 Å². The molecule has 1 aliphatic rings. The average molecular weight is 689 g/mol. The van der Waals surface area contributed by atoms with E-state index in [2.05, 4.69) is 37.2 Å². The van der Waals surface area contributed by atoms with Gasteiger partial charge in [-0.05, 0) is 53.4 Å². The molecule has 0 aromatic rings. The van der Waals surface area contributed by atoms with Gasteiger partial charge in [0.1, 0.15) is 30.0 Å². The van der Waals surface area contributed by atoms with Crippen molar-refractivity contribution in [3.05, 3.63) is 0 Å². The fraction of sp³-hybridized carbons (Fsp3) is 0.714. The largest absolute Gasteiger partial charge is 0.370 e. The Labute approximate surface area is 277 Å². The highest BCUT2D eigenvalue weighted by Crippen LogP contribution is 2.44. The molecule has 0 bridgehead atoms. The van der Waals surface area contributed by atoms with Gasteiger partial charge in [-0.25, -0.2) is 4.79 Å². The van der Waals surface area contributed by atoms with Crippen LogP contribution in [0, 0.1) is 0 Å². The Hall–Kier alpha value is -3.54. The molecule has 0 aliphatic carbocycles. The van der Waals surface area contributed by atoms with E-state index in [1.807, 2.05) is 0 Å². The quantitative estimate of drug-likeness (QED) is 0.0816. The molecule has 0 unspecified atom stereocenters. The van der Waals surface area contributed by atoms with Crippen molar-refractivity contribution in [2.45, 2.75) is 114 Å². The second-order valence-electron chi connectivity index (χ2n) is 12.1. The van der Waals surface area contributed by atoms with Crippen molar-refractivity contribution in [3.8, 4) is 0 Å². The molecule has 4 atom stereocenters. The Morgan fingerprint density at radius 2 is 1.54 bits per heavy atom. The first kappa shape index (κ1) is 40.5. The number of hydrogen-bond donors (Lipinski definition) is 8. The van der Waals surface area contributed by atoms with E-state index < -0.39 is 81.8 Å². The Bertz CT molecular complexity index is 1170. The lowest BCUT2D eigenvalue weighted by Gasteiger charge is -2.37. The fourth-order valence-corrected chi connectivity index (χ4v) is 6.80. The molecule has 0 spiro atoms. The summed E-state index contributed by atoms with van der Waals surface area (Å²) in [7, 11) is 2.39. The third-order valence-electron chi connectivity index (χ3n) is 6.94. The molecule has 8 amide bonds. The van der Waals surface area contributed by atoms with Crippen LogP contribution in [0.15, 0.2) is 0 Å². The molecule has 18 heteroatoms. The van der Waals surface area contributed by atoms with Gasteiger partial charge in [-0.3, -0.25) is 28.8 Å². The summed E-state index contributed by atoms with van der Waals surface area (Å²) < 4.78 is -1.04. The van der Waals surface area contributed by atoms with Gasteiger partial charge >= 0.3 is 6.03 Å². The standard InChI is InChI=1S/C28H48N8O8S2/c1-8-28(15-37)14-31-25(44)34-18(11-9-10-12-30-16(2)38)22(41)35-27(6,7)46-45-26(4,5)21(32-17(3)39)24(43)33-19(13-20(29)40)23(42)36-28/h15,18-19,21H,8-14H2,1-7H3,(H2,29,40)(H,30,38)(H,32,39)(H,33,43)(H,35,41)(H,36,42)(H2,31,34,44)/t18-,19+,21-,28-/m1/s1. The van der Waals surface area contributed by atoms with E-state index in [1.54, 1.807) is 34.6 Å². The van der Waals surface area contributed by atoms with E-state index in [9.17, 15) is 38.4 Å². The number of hydrogen-bond acceptors (Lipinski definition) is 10. The maximum absolute atomic E-state index is 13.6. The lowest BCUT2D eigenvalue weighted by atomic mass is 9.96. The van der Waals surface area contributed by atoms with Crippen molar-refractivity contribution in [2.75, 3.05) is 13.1 Å². The molecule has 1 rings (SSSR count). The average Bonchev–Trinajstić information content (AvgIpc) is 2.94. The van der Waals surface area contributed by atoms with Gasteiger partial charge in [0, 0.05) is 26.9 Å². The minimum absolute atomic E-state index is 0.0103. The molecular formula is C28H48N8O8S2. The normalized spacial score (nSPS) is 25.9. The number of aldehydes is 1. The number of urea groups is 1. The van der Waals surface area contributed by atoms with E-state index in [4.69, 9.17) is 5.73 Å². The van der Waals surface area contributed by atoms with Crippen molar-refractivity contribution >= 4 is 69.3 Å². The summed E-state index contributed by atoms with van der Waals surface area (Å²) >= 11 is 0. The van der Waals surface area contributed by atoms with Crippen molar-refractivity contribution in [2.24, 2.45) is 5.73 Å². The van der Waals surface area contributed by atoms with Crippen LogP contribution in [0.3, 0.4) is 0 Å². The first-order valence-corrected chi connectivity index (χ1v) is 17.0. The number of amides is 8. The molecular weight excluding hydrogens is 640 g/mol. The molecule has 0 aromatic heterocycles. The molecule has 1 heterocycles. The summed E-state index contributed by atoms with van der Waals surface area (Å²) in [4.78, 5) is 99.9. The summed E-state index contributed by atoms with van der Waals surface area (Å²) in [6, 6.07) is -4.51. The summed E-state index contributed by atoms with van der Waals surface area (Å²) in [5, 5.41) is 18.3. The zero-order valence-corrected chi connectivity index (χ0v) is 29.1. The molecule has 1 aliphatic heterocycles. The maximum Gasteiger partial charge on any atom is 0.315 e. The molecule has 0 saturated carbocycles. The first-order chi connectivity index (χ1) is 21.3. The number of nitrogens with one attached hydrogen (secondary N) is 7. The number of rotatable bonds is 10. The number of carbonyl (C=O) groups excluding carboxylic acids is 8. The van der Waals surface area contributed by atoms with E-state index in [0.717, 1.165) is 0 Å². The Kier molecular flexibility index (Phi) is 15.8. The van der Waals surface area contributed by atoms with Crippen LogP contribution >= 0.6 is 21.6 Å². The first-order valence-electron chi connectivity index (χ1n) is 14.9. The van der Waals surface area contributed by atoms with Crippen LogP contribution in [-0.4, -0.2) is 94.1 Å². The second kappa shape index (κ2) is 18.0. The van der Waals surface area contributed by atoms with Crippen LogP contribution in [0.2, 0.25) is 0 Å². The van der Waals surface area contributed by atoms with Crippen LogP contribution in [-0.2, 0) is 33.6 Å². The van der Waals surface area contributed by atoms with Gasteiger partial charge in [0.05, 0.1) is 16.0 Å². The third-order valence-corrected chi connectivity index (χ3v) is 11.0. The zero-order chi connectivity index (χ0) is 35.3. The SMILES string of the molecule is CC[C@]1(C=O)CNC(=O)N[C@H](CCCCNC(C)=O)C(=O)NC(C)(C)SSC(C)(C)[C@H](NC(C)=O)C(=O)N[C@@H](CC(N)=O)C(=O)N1. The lowest BCUT2D eigenvalue weighted by Crippen LogP contribution is -2.64. The zero-order valence-electron chi connectivity index (χ0n) is 27.4. The van der Waals surface area contributed by atoms with Crippen LogP contribution in [0.1, 0.15) is 80.6 Å². The topological polar surface area (TPSA) is 247 Å². The lowest BCUT2D eigenvalue weighted by molar-refractivity contribution is -0.135. The van der Waals surface area contributed by atoms with Gasteiger partial charge < -0.3 is 47.7 Å². The highest BCUT2D eigenvalue weighted by molar-refractivity contribution is 8.77. The van der Waals surface area contributed by atoms with Crippen molar-refractivity contribution in [1.29, 1.82) is 0 Å². The van der Waals surface area contributed by atoms with Crippen molar-refractivity contribution < 1.29 is 38.4 Å². The summed E-state index contributed by atoms with van der Waals surface area (Å²) in [6.07, 6.45) is 1.08. The van der Waals surface area contributed by atoms with E-state index in [-0.39, 0.29) is 18.7 Å². The predicted octanol–water partition coefficient (Wildman–Crippen LogP) is -0.685. The Morgan fingerprint density at radius 1 is 0.913 bits per heavy atom. The van der Waals surface area contributed by atoms with Crippen LogP contribution in [0.25, 0.3) is 0 Å². The van der Waals surface area contributed by atoms with E-state index in [1.165, 1.54) is 35.4 Å². The second-order valence-corrected chi connectivity index (χ2v) is 15.5. The Balaban J connectivity index is 3.53. The summed E-state index contributed by atoms with van der Waals surface area (Å²) in [5.74, 6) is -3.83.